The molecule has 1 aliphatic heterocycles. The van der Waals surface area contributed by atoms with Crippen molar-refractivity contribution in [2.75, 3.05) is 18.1 Å². The van der Waals surface area contributed by atoms with Gasteiger partial charge in [0.15, 0.2) is 9.84 Å². The molecule has 1 saturated heterocycles. The number of carbonyl (C=O) groups is 1. The van der Waals surface area contributed by atoms with Gasteiger partial charge in [-0.25, -0.2) is 8.42 Å². The third-order valence-electron chi connectivity index (χ3n) is 3.53. The zero-order valence-electron chi connectivity index (χ0n) is 11.9. The summed E-state index contributed by atoms with van der Waals surface area (Å²) in [6.45, 7) is 4.55. The van der Waals surface area contributed by atoms with Gasteiger partial charge in [-0.15, -0.1) is 0 Å². The van der Waals surface area contributed by atoms with Crippen molar-refractivity contribution >= 4 is 15.7 Å². The first-order valence-corrected chi connectivity index (χ1v) is 8.80. The molecule has 0 aromatic carbocycles. The molecule has 0 saturated carbocycles. The van der Waals surface area contributed by atoms with Crippen LogP contribution in [0.3, 0.4) is 0 Å². The topological polar surface area (TPSA) is 81.1 Å². The van der Waals surface area contributed by atoms with Crippen molar-refractivity contribution in [2.24, 2.45) is 0 Å². The van der Waals surface area contributed by atoms with E-state index >= 15 is 0 Å². The number of aromatic nitrogens is 2. The molecule has 1 aromatic heterocycles. The van der Waals surface area contributed by atoms with Crippen molar-refractivity contribution in [1.29, 1.82) is 0 Å². The smallest absolute Gasteiger partial charge is 0.271 e. The number of carbonyl (C=O) groups excluding carboxylic acids is 1. The van der Waals surface area contributed by atoms with E-state index in [1.54, 1.807) is 10.7 Å². The number of hydrogen-bond acceptors (Lipinski definition) is 4. The highest BCUT2D eigenvalue weighted by Crippen LogP contribution is 2.24. The molecule has 1 fully saturated rings. The van der Waals surface area contributed by atoms with E-state index in [0.29, 0.717) is 18.7 Å². The van der Waals surface area contributed by atoms with Crippen LogP contribution in [-0.4, -0.2) is 42.2 Å². The summed E-state index contributed by atoms with van der Waals surface area (Å²) in [5, 5.41) is 7.09. The first-order chi connectivity index (χ1) is 9.43. The molecule has 7 heteroatoms. The van der Waals surface area contributed by atoms with Crippen LogP contribution in [0.25, 0.3) is 0 Å². The van der Waals surface area contributed by atoms with Gasteiger partial charge in [-0.3, -0.25) is 9.48 Å². The maximum atomic E-state index is 11.9. The molecule has 0 spiro atoms. The highest BCUT2D eigenvalue weighted by Gasteiger charge is 2.31. The zero-order chi connectivity index (χ0) is 14.8. The Labute approximate surface area is 119 Å². The second-order valence-electron chi connectivity index (χ2n) is 5.28. The summed E-state index contributed by atoms with van der Waals surface area (Å²) in [5.41, 5.74) is 1.19. The molecule has 0 radical (unpaired) electrons. The lowest BCUT2D eigenvalue weighted by molar-refractivity contribution is 0.0947. The summed E-state index contributed by atoms with van der Waals surface area (Å²) in [4.78, 5) is 11.9. The van der Waals surface area contributed by atoms with Crippen LogP contribution in [0.15, 0.2) is 6.07 Å². The molecule has 1 unspecified atom stereocenters. The van der Waals surface area contributed by atoms with Crippen LogP contribution in [0.2, 0.25) is 0 Å². The number of unbranched alkanes of at least 4 members (excludes halogenated alkanes) is 1. The van der Waals surface area contributed by atoms with Crippen LogP contribution in [0.5, 0.6) is 0 Å². The molecule has 1 atom stereocenters. The highest BCUT2D eigenvalue weighted by molar-refractivity contribution is 7.91. The standard InChI is InChI=1S/C13H21N3O3S/c1-3-4-6-14-13(17)12-8-10(2)16(15-12)11-5-7-20(18,19)9-11/h8,11H,3-7,9H2,1-2H3,(H,14,17). The number of hydrogen-bond donors (Lipinski definition) is 1. The molecule has 6 nitrogen and oxygen atoms in total. The van der Waals surface area contributed by atoms with Crippen molar-refractivity contribution in [2.45, 2.75) is 39.2 Å². The molecule has 2 rings (SSSR count). The Kier molecular flexibility index (Phi) is 4.47. The molecule has 1 N–H and O–H groups in total. The predicted octanol–water partition coefficient (Wildman–Crippen LogP) is 1.08. The lowest BCUT2D eigenvalue weighted by Gasteiger charge is -2.10. The fourth-order valence-corrected chi connectivity index (χ4v) is 4.10. The average molecular weight is 299 g/mol. The Morgan fingerprint density at radius 1 is 1.55 bits per heavy atom. The van der Waals surface area contributed by atoms with Gasteiger partial charge in [0.05, 0.1) is 17.5 Å². The number of nitrogens with one attached hydrogen (secondary N) is 1. The third kappa shape index (κ3) is 3.39. The van der Waals surface area contributed by atoms with Crippen molar-refractivity contribution in [3.05, 3.63) is 17.5 Å². The molecule has 1 aliphatic rings. The van der Waals surface area contributed by atoms with Gasteiger partial charge >= 0.3 is 0 Å². The lowest BCUT2D eigenvalue weighted by Crippen LogP contribution is -2.25. The van der Waals surface area contributed by atoms with Gasteiger partial charge in [-0.1, -0.05) is 13.3 Å². The Morgan fingerprint density at radius 2 is 2.30 bits per heavy atom. The fraction of sp³-hybridized carbons (Fsp3) is 0.692. The number of sulfone groups is 1. The molecular formula is C13H21N3O3S. The number of aryl methyl sites for hydroxylation is 1. The SMILES string of the molecule is CCCCNC(=O)c1cc(C)n(C2CCS(=O)(=O)C2)n1. The molecule has 20 heavy (non-hydrogen) atoms. The largest absolute Gasteiger partial charge is 0.351 e. The normalized spacial score (nSPS) is 21.0. The molecule has 1 aromatic rings. The molecule has 2 heterocycles. The molecular weight excluding hydrogens is 278 g/mol. The average Bonchev–Trinajstić information content (AvgIpc) is 2.92. The first-order valence-electron chi connectivity index (χ1n) is 6.97. The van der Waals surface area contributed by atoms with Gasteiger partial charge in [0.25, 0.3) is 5.91 Å². The maximum absolute atomic E-state index is 11.9. The minimum atomic E-state index is -2.95. The van der Waals surface area contributed by atoms with Crippen LogP contribution < -0.4 is 5.32 Å². The van der Waals surface area contributed by atoms with Gasteiger partial charge in [-0.2, -0.15) is 5.10 Å². The van der Waals surface area contributed by atoms with E-state index in [2.05, 4.69) is 17.3 Å². The van der Waals surface area contributed by atoms with E-state index in [-0.39, 0.29) is 23.5 Å². The zero-order valence-corrected chi connectivity index (χ0v) is 12.7. The van der Waals surface area contributed by atoms with Gasteiger partial charge in [0, 0.05) is 12.2 Å². The van der Waals surface area contributed by atoms with E-state index in [9.17, 15) is 13.2 Å². The Bertz CT molecular complexity index is 592. The van der Waals surface area contributed by atoms with Gasteiger partial charge in [0.2, 0.25) is 0 Å². The van der Waals surface area contributed by atoms with Crippen LogP contribution >= 0.6 is 0 Å². The molecule has 112 valence electrons. The maximum Gasteiger partial charge on any atom is 0.271 e. The van der Waals surface area contributed by atoms with Crippen LogP contribution in [0.4, 0.5) is 0 Å². The molecule has 1 amide bonds. The van der Waals surface area contributed by atoms with Crippen molar-refractivity contribution in [3.63, 3.8) is 0 Å². The summed E-state index contributed by atoms with van der Waals surface area (Å²) < 4.78 is 24.7. The van der Waals surface area contributed by atoms with Crippen LogP contribution in [-0.2, 0) is 9.84 Å². The van der Waals surface area contributed by atoms with Crippen LogP contribution in [0.1, 0.15) is 48.4 Å². The minimum absolute atomic E-state index is 0.117. The second kappa shape index (κ2) is 5.95. The summed E-state index contributed by atoms with van der Waals surface area (Å²) in [6, 6.07) is 1.57. The van der Waals surface area contributed by atoms with E-state index in [1.165, 1.54) is 0 Å². The summed E-state index contributed by atoms with van der Waals surface area (Å²) in [7, 11) is -2.95. The summed E-state index contributed by atoms with van der Waals surface area (Å²) in [5.74, 6) is 0.127. The molecule has 0 bridgehead atoms. The highest BCUT2D eigenvalue weighted by atomic mass is 32.2. The number of amides is 1. The third-order valence-corrected chi connectivity index (χ3v) is 5.28. The number of nitrogens with zero attached hydrogens (tertiary/aromatic N) is 2. The summed E-state index contributed by atoms with van der Waals surface area (Å²) in [6.07, 6.45) is 2.53. The van der Waals surface area contributed by atoms with E-state index in [0.717, 1.165) is 18.5 Å². The van der Waals surface area contributed by atoms with Gasteiger partial charge in [0.1, 0.15) is 5.69 Å². The van der Waals surface area contributed by atoms with E-state index in [4.69, 9.17) is 0 Å². The van der Waals surface area contributed by atoms with Gasteiger partial charge < -0.3 is 5.32 Å². The Hall–Kier alpha value is -1.37. The van der Waals surface area contributed by atoms with Crippen molar-refractivity contribution in [1.82, 2.24) is 15.1 Å². The predicted molar refractivity (Wildman–Crippen MR) is 76.5 cm³/mol. The molecule has 0 aliphatic carbocycles. The second-order valence-corrected chi connectivity index (χ2v) is 7.51. The fourth-order valence-electron chi connectivity index (χ4n) is 2.41. The van der Waals surface area contributed by atoms with Crippen molar-refractivity contribution < 1.29 is 13.2 Å². The van der Waals surface area contributed by atoms with Gasteiger partial charge in [-0.05, 0) is 25.8 Å². The van der Waals surface area contributed by atoms with Crippen molar-refractivity contribution in [3.8, 4) is 0 Å². The minimum Gasteiger partial charge on any atom is -0.351 e. The lowest BCUT2D eigenvalue weighted by atomic mass is 10.2. The van der Waals surface area contributed by atoms with E-state index < -0.39 is 9.84 Å². The first kappa shape index (κ1) is 15.0. The Balaban J connectivity index is 2.08. The monoisotopic (exact) mass is 299 g/mol. The Morgan fingerprint density at radius 3 is 2.90 bits per heavy atom. The summed E-state index contributed by atoms with van der Waals surface area (Å²) >= 11 is 0. The van der Waals surface area contributed by atoms with Crippen LogP contribution in [0, 0.1) is 6.92 Å². The quantitative estimate of drug-likeness (QED) is 0.825. The number of rotatable bonds is 5. The van der Waals surface area contributed by atoms with E-state index in [1.807, 2.05) is 6.92 Å².